The third kappa shape index (κ3) is 4.71. The molecule has 0 aliphatic heterocycles. The van der Waals surface area contributed by atoms with Crippen LogP contribution in [0.1, 0.15) is 36.0 Å². The van der Waals surface area contributed by atoms with E-state index in [1.807, 2.05) is 50.2 Å². The molecule has 1 N–H and O–H groups in total. The summed E-state index contributed by atoms with van der Waals surface area (Å²) >= 11 is 0. The number of nitrogens with one attached hydrogen (secondary N) is 1. The lowest BCUT2D eigenvalue weighted by Gasteiger charge is -2.42. The Kier molecular flexibility index (Phi) is 6.34. The topological polar surface area (TPSA) is 64.6 Å². The Bertz CT molecular complexity index is 808. The molecular weight excluding hydrogens is 354 g/mol. The van der Waals surface area contributed by atoms with Gasteiger partial charge < -0.3 is 14.8 Å². The lowest BCUT2D eigenvalue weighted by molar-refractivity contribution is -0.150. The highest BCUT2D eigenvalue weighted by Crippen LogP contribution is 2.43. The maximum Gasteiger partial charge on any atom is 0.344 e. The Hall–Kier alpha value is -2.82. The highest BCUT2D eigenvalue weighted by molar-refractivity contribution is 5.81. The van der Waals surface area contributed by atoms with Crippen LogP contribution < -0.4 is 10.1 Å². The van der Waals surface area contributed by atoms with E-state index < -0.39 is 5.97 Å². The molecule has 148 valence electrons. The van der Waals surface area contributed by atoms with Gasteiger partial charge in [0.2, 0.25) is 0 Å². The van der Waals surface area contributed by atoms with Crippen LogP contribution in [-0.4, -0.2) is 31.6 Å². The fraction of sp³-hybridized carbons (Fsp3) is 0.391. The van der Waals surface area contributed by atoms with Gasteiger partial charge in [-0.1, -0.05) is 55.0 Å². The van der Waals surface area contributed by atoms with E-state index in [4.69, 9.17) is 9.47 Å². The van der Waals surface area contributed by atoms with Crippen molar-refractivity contribution in [1.82, 2.24) is 5.32 Å². The first-order chi connectivity index (χ1) is 13.5. The largest absolute Gasteiger partial charge is 0.481 e. The normalized spacial score (nSPS) is 14.6. The number of para-hydroxylation sites is 1. The Labute approximate surface area is 166 Å². The van der Waals surface area contributed by atoms with Crippen molar-refractivity contribution in [2.75, 3.05) is 19.8 Å². The van der Waals surface area contributed by atoms with E-state index in [1.54, 1.807) is 0 Å². The molecule has 0 saturated heterocycles. The Morgan fingerprint density at radius 3 is 2.25 bits per heavy atom. The molecule has 0 spiro atoms. The fourth-order valence-electron chi connectivity index (χ4n) is 3.63. The molecule has 5 heteroatoms. The van der Waals surface area contributed by atoms with Crippen LogP contribution in [0.5, 0.6) is 5.75 Å². The molecule has 0 aromatic heterocycles. The molecule has 1 saturated carbocycles. The average molecular weight is 381 g/mol. The number of aryl methyl sites for hydroxylation is 2. The van der Waals surface area contributed by atoms with Gasteiger partial charge in [-0.2, -0.15) is 0 Å². The summed E-state index contributed by atoms with van der Waals surface area (Å²) < 4.78 is 10.6. The average Bonchev–Trinajstić information content (AvgIpc) is 2.66. The Balaban J connectivity index is 1.42. The predicted molar refractivity (Wildman–Crippen MR) is 107 cm³/mol. The van der Waals surface area contributed by atoms with Gasteiger partial charge in [0.25, 0.3) is 5.91 Å². The van der Waals surface area contributed by atoms with Crippen molar-refractivity contribution in [3.8, 4) is 5.75 Å². The first-order valence-electron chi connectivity index (χ1n) is 9.67. The SMILES string of the molecule is Cc1cccc(C)c1OCC(=O)OCC(=O)NCC1(c2ccccc2)CCC1. The van der Waals surface area contributed by atoms with Crippen LogP contribution in [0.15, 0.2) is 48.5 Å². The van der Waals surface area contributed by atoms with Gasteiger partial charge in [0.1, 0.15) is 5.75 Å². The number of carbonyl (C=O) groups is 2. The molecule has 1 fully saturated rings. The van der Waals surface area contributed by atoms with Crippen molar-refractivity contribution < 1.29 is 19.1 Å². The molecule has 0 bridgehead atoms. The quantitative estimate of drug-likeness (QED) is 0.711. The van der Waals surface area contributed by atoms with E-state index in [9.17, 15) is 9.59 Å². The molecule has 0 heterocycles. The van der Waals surface area contributed by atoms with E-state index in [2.05, 4.69) is 17.4 Å². The van der Waals surface area contributed by atoms with Crippen LogP contribution in [0, 0.1) is 13.8 Å². The summed E-state index contributed by atoms with van der Waals surface area (Å²) in [5.41, 5.74) is 3.17. The van der Waals surface area contributed by atoms with E-state index in [-0.39, 0.29) is 24.5 Å². The molecule has 1 aliphatic carbocycles. The molecule has 3 rings (SSSR count). The van der Waals surface area contributed by atoms with Crippen LogP contribution >= 0.6 is 0 Å². The second-order valence-corrected chi connectivity index (χ2v) is 7.45. The molecular formula is C23H27NO4. The number of benzene rings is 2. The molecule has 1 amide bonds. The molecule has 0 unspecified atom stereocenters. The summed E-state index contributed by atoms with van der Waals surface area (Å²) in [7, 11) is 0. The van der Waals surface area contributed by atoms with E-state index in [0.29, 0.717) is 12.3 Å². The zero-order chi connectivity index (χ0) is 20.0. The minimum atomic E-state index is -0.556. The standard InChI is InChI=1S/C23H27NO4/c1-17-8-6-9-18(2)22(17)28-15-21(26)27-14-20(25)24-16-23(12-7-13-23)19-10-4-3-5-11-19/h3-6,8-11H,7,12-16H2,1-2H3,(H,24,25). The number of hydrogen-bond acceptors (Lipinski definition) is 4. The smallest absolute Gasteiger partial charge is 0.344 e. The highest BCUT2D eigenvalue weighted by Gasteiger charge is 2.38. The lowest BCUT2D eigenvalue weighted by atomic mass is 9.64. The highest BCUT2D eigenvalue weighted by atomic mass is 16.6. The first-order valence-corrected chi connectivity index (χ1v) is 9.67. The zero-order valence-electron chi connectivity index (χ0n) is 16.5. The summed E-state index contributed by atoms with van der Waals surface area (Å²) in [5.74, 6) is -0.166. The van der Waals surface area contributed by atoms with Gasteiger partial charge in [-0.25, -0.2) is 4.79 Å². The number of esters is 1. The number of ether oxygens (including phenoxy) is 2. The number of carbonyl (C=O) groups excluding carboxylic acids is 2. The van der Waals surface area contributed by atoms with Gasteiger partial charge in [0.15, 0.2) is 13.2 Å². The Morgan fingerprint density at radius 1 is 0.964 bits per heavy atom. The predicted octanol–water partition coefficient (Wildman–Crippen LogP) is 3.46. The Morgan fingerprint density at radius 2 is 1.64 bits per heavy atom. The minimum absolute atomic E-state index is 0.00635. The maximum absolute atomic E-state index is 12.1. The molecule has 0 atom stereocenters. The van der Waals surface area contributed by atoms with Crippen molar-refractivity contribution >= 4 is 11.9 Å². The van der Waals surface area contributed by atoms with Crippen LogP contribution in [0.25, 0.3) is 0 Å². The second-order valence-electron chi connectivity index (χ2n) is 7.45. The van der Waals surface area contributed by atoms with Gasteiger partial charge in [0, 0.05) is 12.0 Å². The summed E-state index contributed by atoms with van der Waals surface area (Å²) in [6.45, 7) is 3.90. The summed E-state index contributed by atoms with van der Waals surface area (Å²) in [5, 5.41) is 2.91. The third-order valence-corrected chi connectivity index (χ3v) is 5.43. The zero-order valence-corrected chi connectivity index (χ0v) is 16.5. The van der Waals surface area contributed by atoms with Crippen LogP contribution in [-0.2, 0) is 19.7 Å². The van der Waals surface area contributed by atoms with Crippen molar-refractivity contribution in [3.05, 3.63) is 65.2 Å². The fourth-order valence-corrected chi connectivity index (χ4v) is 3.63. The maximum atomic E-state index is 12.1. The van der Waals surface area contributed by atoms with Gasteiger partial charge in [-0.05, 0) is 43.4 Å². The van der Waals surface area contributed by atoms with E-state index >= 15 is 0 Å². The number of rotatable bonds is 8. The van der Waals surface area contributed by atoms with Gasteiger partial charge in [0.05, 0.1) is 0 Å². The van der Waals surface area contributed by atoms with Crippen molar-refractivity contribution in [1.29, 1.82) is 0 Å². The molecule has 0 radical (unpaired) electrons. The first kappa shape index (κ1) is 19.9. The molecule has 2 aromatic rings. The molecule has 28 heavy (non-hydrogen) atoms. The monoisotopic (exact) mass is 381 g/mol. The van der Waals surface area contributed by atoms with Gasteiger partial charge in [-0.15, -0.1) is 0 Å². The van der Waals surface area contributed by atoms with Crippen LogP contribution in [0.3, 0.4) is 0 Å². The third-order valence-electron chi connectivity index (χ3n) is 5.43. The summed E-state index contributed by atoms with van der Waals surface area (Å²) in [6, 6.07) is 16.0. The van der Waals surface area contributed by atoms with E-state index in [0.717, 1.165) is 30.4 Å². The van der Waals surface area contributed by atoms with Gasteiger partial charge in [-0.3, -0.25) is 4.79 Å². The summed E-state index contributed by atoms with van der Waals surface area (Å²) in [4.78, 5) is 24.0. The van der Waals surface area contributed by atoms with Crippen molar-refractivity contribution in [3.63, 3.8) is 0 Å². The van der Waals surface area contributed by atoms with Crippen molar-refractivity contribution in [2.24, 2.45) is 0 Å². The number of amides is 1. The molecule has 1 aliphatic rings. The summed E-state index contributed by atoms with van der Waals surface area (Å²) in [6.07, 6.45) is 3.27. The molecule has 5 nitrogen and oxygen atoms in total. The van der Waals surface area contributed by atoms with E-state index in [1.165, 1.54) is 5.56 Å². The van der Waals surface area contributed by atoms with Crippen LogP contribution in [0.2, 0.25) is 0 Å². The van der Waals surface area contributed by atoms with Gasteiger partial charge >= 0.3 is 5.97 Å². The van der Waals surface area contributed by atoms with Crippen LogP contribution in [0.4, 0.5) is 0 Å². The minimum Gasteiger partial charge on any atom is -0.481 e. The molecule has 2 aromatic carbocycles. The lowest BCUT2D eigenvalue weighted by Crippen LogP contribution is -2.46. The van der Waals surface area contributed by atoms with Crippen molar-refractivity contribution in [2.45, 2.75) is 38.5 Å². The second kappa shape index (κ2) is 8.91. The number of hydrogen-bond donors (Lipinski definition) is 1.